The zero-order chi connectivity index (χ0) is 11.5. The Hall–Kier alpha value is -1.42. The molecule has 2 N–H and O–H groups in total. The van der Waals surface area contributed by atoms with E-state index in [1.54, 1.807) is 25.3 Å². The molecule has 4 nitrogen and oxygen atoms in total. The predicted molar refractivity (Wildman–Crippen MR) is 58.7 cm³/mol. The van der Waals surface area contributed by atoms with Crippen LogP contribution >= 0.6 is 0 Å². The van der Waals surface area contributed by atoms with Gasteiger partial charge in [-0.15, -0.1) is 0 Å². The first kappa shape index (κ1) is 11.7. The second-order valence-corrected chi connectivity index (χ2v) is 3.55. The first-order chi connectivity index (χ1) is 7.05. The molecule has 15 heavy (non-hydrogen) atoms. The molecular formula is C11H16N2O2. The number of hydrogen-bond donors (Lipinski definition) is 1. The molecule has 4 heteroatoms. The second-order valence-electron chi connectivity index (χ2n) is 3.55. The van der Waals surface area contributed by atoms with Gasteiger partial charge in [-0.2, -0.15) is 0 Å². The molecule has 1 aromatic heterocycles. The number of rotatable bonds is 4. The van der Waals surface area contributed by atoms with Crippen molar-refractivity contribution in [2.75, 3.05) is 12.8 Å². The van der Waals surface area contributed by atoms with Crippen LogP contribution in [0.1, 0.15) is 30.6 Å². The van der Waals surface area contributed by atoms with Crippen molar-refractivity contribution in [1.82, 2.24) is 4.98 Å². The SMILES string of the molecule is CCC(C)(OC)C(=O)c1cccnc1N. The molecule has 1 atom stereocenters. The Morgan fingerprint density at radius 2 is 2.33 bits per heavy atom. The van der Waals surface area contributed by atoms with E-state index in [-0.39, 0.29) is 11.6 Å². The number of anilines is 1. The van der Waals surface area contributed by atoms with Gasteiger partial charge in [0.25, 0.3) is 0 Å². The molecule has 0 bridgehead atoms. The summed E-state index contributed by atoms with van der Waals surface area (Å²) in [6.07, 6.45) is 2.15. The summed E-state index contributed by atoms with van der Waals surface area (Å²) in [4.78, 5) is 16.0. The third kappa shape index (κ3) is 2.15. The molecule has 0 saturated carbocycles. The molecule has 1 rings (SSSR count). The van der Waals surface area contributed by atoms with Gasteiger partial charge in [0, 0.05) is 13.3 Å². The highest BCUT2D eigenvalue weighted by atomic mass is 16.5. The van der Waals surface area contributed by atoms with Crippen LogP contribution in [-0.2, 0) is 4.74 Å². The van der Waals surface area contributed by atoms with Gasteiger partial charge in [0.1, 0.15) is 11.4 Å². The molecule has 0 fully saturated rings. The van der Waals surface area contributed by atoms with Crippen LogP contribution in [0.25, 0.3) is 0 Å². The van der Waals surface area contributed by atoms with Crippen LogP contribution in [0.3, 0.4) is 0 Å². The van der Waals surface area contributed by atoms with Gasteiger partial charge in [-0.3, -0.25) is 4.79 Å². The lowest BCUT2D eigenvalue weighted by molar-refractivity contribution is 0.0106. The fraction of sp³-hybridized carbons (Fsp3) is 0.455. The standard InChI is InChI=1S/C11H16N2O2/c1-4-11(2,15-3)9(14)8-6-5-7-13-10(8)12/h5-7H,4H2,1-3H3,(H2,12,13). The molecule has 0 aromatic carbocycles. The quantitative estimate of drug-likeness (QED) is 0.764. The van der Waals surface area contributed by atoms with Crippen molar-refractivity contribution in [3.63, 3.8) is 0 Å². The average Bonchev–Trinajstić information content (AvgIpc) is 2.28. The molecule has 1 unspecified atom stereocenters. The number of carbonyl (C=O) groups is 1. The number of ketones is 1. The number of nitrogen functional groups attached to an aromatic ring is 1. The van der Waals surface area contributed by atoms with Gasteiger partial charge in [0.15, 0.2) is 5.78 Å². The Labute approximate surface area is 89.5 Å². The zero-order valence-corrected chi connectivity index (χ0v) is 9.28. The van der Waals surface area contributed by atoms with Crippen molar-refractivity contribution in [3.8, 4) is 0 Å². The van der Waals surface area contributed by atoms with Crippen LogP contribution in [0.2, 0.25) is 0 Å². The van der Waals surface area contributed by atoms with Gasteiger partial charge in [-0.05, 0) is 25.5 Å². The normalized spacial score (nSPS) is 14.6. The summed E-state index contributed by atoms with van der Waals surface area (Å²) in [6, 6.07) is 3.35. The van der Waals surface area contributed by atoms with Gasteiger partial charge in [-0.25, -0.2) is 4.98 Å². The van der Waals surface area contributed by atoms with Crippen molar-refractivity contribution in [1.29, 1.82) is 0 Å². The predicted octanol–water partition coefficient (Wildman–Crippen LogP) is 1.66. The third-order valence-electron chi connectivity index (χ3n) is 2.69. The van der Waals surface area contributed by atoms with Gasteiger partial charge >= 0.3 is 0 Å². The molecule has 82 valence electrons. The van der Waals surface area contributed by atoms with Crippen molar-refractivity contribution in [3.05, 3.63) is 23.9 Å². The van der Waals surface area contributed by atoms with Crippen LogP contribution in [0.5, 0.6) is 0 Å². The van der Waals surface area contributed by atoms with Gasteiger partial charge in [-0.1, -0.05) is 6.92 Å². The number of methoxy groups -OCH3 is 1. The molecule has 0 aliphatic carbocycles. The Bertz CT molecular complexity index is 359. The van der Waals surface area contributed by atoms with E-state index in [1.807, 2.05) is 6.92 Å². The number of carbonyl (C=O) groups excluding carboxylic acids is 1. The summed E-state index contributed by atoms with van der Waals surface area (Å²) in [6.45, 7) is 3.65. The minimum atomic E-state index is -0.822. The van der Waals surface area contributed by atoms with Crippen molar-refractivity contribution < 1.29 is 9.53 Å². The van der Waals surface area contributed by atoms with Crippen molar-refractivity contribution >= 4 is 11.6 Å². The van der Waals surface area contributed by atoms with Crippen LogP contribution in [0, 0.1) is 0 Å². The molecule has 0 saturated heterocycles. The highest BCUT2D eigenvalue weighted by Crippen LogP contribution is 2.22. The number of hydrogen-bond acceptors (Lipinski definition) is 4. The minimum Gasteiger partial charge on any atom is -0.383 e. The van der Waals surface area contributed by atoms with Gasteiger partial charge in [0.05, 0.1) is 5.56 Å². The Morgan fingerprint density at radius 3 is 2.80 bits per heavy atom. The summed E-state index contributed by atoms with van der Waals surface area (Å²) in [5.74, 6) is 0.123. The molecule has 0 aliphatic heterocycles. The first-order valence-corrected chi connectivity index (χ1v) is 4.85. The fourth-order valence-electron chi connectivity index (χ4n) is 1.29. The number of nitrogens with zero attached hydrogens (tertiary/aromatic N) is 1. The number of pyridine rings is 1. The van der Waals surface area contributed by atoms with Crippen LogP contribution in [0.15, 0.2) is 18.3 Å². The van der Waals surface area contributed by atoms with Gasteiger partial charge in [0.2, 0.25) is 0 Å². The van der Waals surface area contributed by atoms with Crippen LogP contribution in [0.4, 0.5) is 5.82 Å². The summed E-state index contributed by atoms with van der Waals surface area (Å²) in [5, 5.41) is 0. The lowest BCUT2D eigenvalue weighted by Crippen LogP contribution is -2.37. The minimum absolute atomic E-state index is 0.127. The van der Waals surface area contributed by atoms with Crippen LogP contribution < -0.4 is 5.73 Å². The van der Waals surface area contributed by atoms with E-state index < -0.39 is 5.60 Å². The Morgan fingerprint density at radius 1 is 1.67 bits per heavy atom. The smallest absolute Gasteiger partial charge is 0.197 e. The first-order valence-electron chi connectivity index (χ1n) is 4.85. The van der Waals surface area contributed by atoms with E-state index in [9.17, 15) is 4.79 Å². The van der Waals surface area contributed by atoms with Crippen molar-refractivity contribution in [2.45, 2.75) is 25.9 Å². The Balaban J connectivity index is 3.09. The maximum absolute atomic E-state index is 12.1. The molecule has 1 aromatic rings. The maximum atomic E-state index is 12.1. The molecule has 0 amide bonds. The van der Waals surface area contributed by atoms with E-state index in [0.717, 1.165) is 0 Å². The largest absolute Gasteiger partial charge is 0.383 e. The lowest BCUT2D eigenvalue weighted by atomic mass is 9.92. The second kappa shape index (κ2) is 4.40. The molecule has 0 spiro atoms. The molecule has 0 aliphatic rings. The summed E-state index contributed by atoms with van der Waals surface area (Å²) < 4.78 is 5.23. The zero-order valence-electron chi connectivity index (χ0n) is 9.28. The van der Waals surface area contributed by atoms with Gasteiger partial charge < -0.3 is 10.5 Å². The number of nitrogens with two attached hydrogens (primary N) is 1. The summed E-state index contributed by atoms with van der Waals surface area (Å²) in [7, 11) is 1.52. The third-order valence-corrected chi connectivity index (χ3v) is 2.69. The van der Waals surface area contributed by atoms with E-state index in [2.05, 4.69) is 4.98 Å². The monoisotopic (exact) mass is 208 g/mol. The van der Waals surface area contributed by atoms with E-state index in [0.29, 0.717) is 12.0 Å². The molecule has 1 heterocycles. The lowest BCUT2D eigenvalue weighted by Gasteiger charge is -2.25. The van der Waals surface area contributed by atoms with Crippen LogP contribution in [-0.4, -0.2) is 23.5 Å². The number of Topliss-reactive ketones (excluding diaryl/α,β-unsaturated/α-hetero) is 1. The fourth-order valence-corrected chi connectivity index (χ4v) is 1.29. The highest BCUT2D eigenvalue weighted by Gasteiger charge is 2.33. The molecular weight excluding hydrogens is 192 g/mol. The maximum Gasteiger partial charge on any atom is 0.197 e. The number of aromatic nitrogens is 1. The van der Waals surface area contributed by atoms with E-state index >= 15 is 0 Å². The average molecular weight is 208 g/mol. The van der Waals surface area contributed by atoms with E-state index in [1.165, 1.54) is 7.11 Å². The Kier molecular flexibility index (Phi) is 3.42. The topological polar surface area (TPSA) is 65.2 Å². The van der Waals surface area contributed by atoms with E-state index in [4.69, 9.17) is 10.5 Å². The summed E-state index contributed by atoms with van der Waals surface area (Å²) in [5.41, 5.74) is 5.24. The summed E-state index contributed by atoms with van der Waals surface area (Å²) >= 11 is 0. The number of ether oxygens (including phenoxy) is 1. The highest BCUT2D eigenvalue weighted by molar-refractivity contribution is 6.05. The van der Waals surface area contributed by atoms with Crippen molar-refractivity contribution in [2.24, 2.45) is 0 Å². The molecule has 0 radical (unpaired) electrons.